The maximum Gasteiger partial charge on any atom is 0.331 e. The summed E-state index contributed by atoms with van der Waals surface area (Å²) in [6, 6.07) is 12.8. The smallest absolute Gasteiger partial charge is 0.331 e. The van der Waals surface area contributed by atoms with Crippen molar-refractivity contribution in [1.82, 2.24) is 14.9 Å². The van der Waals surface area contributed by atoms with Gasteiger partial charge in [-0.3, -0.25) is 9.80 Å². The van der Waals surface area contributed by atoms with Gasteiger partial charge in [0.15, 0.2) is 0 Å². The molecule has 9 nitrogen and oxygen atoms in total. The molecule has 2 aliphatic heterocycles. The van der Waals surface area contributed by atoms with Crippen molar-refractivity contribution >= 4 is 34.9 Å². The van der Waals surface area contributed by atoms with Gasteiger partial charge in [0.25, 0.3) is 0 Å². The predicted molar refractivity (Wildman–Crippen MR) is 183 cm³/mol. The minimum absolute atomic E-state index is 0.0382. The minimum atomic E-state index is -0.198. The van der Waals surface area contributed by atoms with Gasteiger partial charge in [-0.1, -0.05) is 6.07 Å². The first-order chi connectivity index (χ1) is 22.3. The van der Waals surface area contributed by atoms with Gasteiger partial charge in [0.1, 0.15) is 5.82 Å². The molecular formula is C37H47N7O2. The van der Waals surface area contributed by atoms with E-state index in [-0.39, 0.29) is 11.6 Å². The van der Waals surface area contributed by atoms with Gasteiger partial charge >= 0.3 is 6.03 Å². The topological polar surface area (TPSA) is 77.1 Å². The van der Waals surface area contributed by atoms with Crippen molar-refractivity contribution in [2.45, 2.75) is 71.1 Å². The van der Waals surface area contributed by atoms with Crippen molar-refractivity contribution in [3.63, 3.8) is 0 Å². The Morgan fingerprint density at radius 1 is 0.935 bits per heavy atom. The Morgan fingerprint density at radius 3 is 2.26 bits per heavy atom. The molecule has 0 radical (unpaired) electrons. The van der Waals surface area contributed by atoms with Crippen LogP contribution in [-0.4, -0.2) is 66.8 Å². The number of anilines is 5. The summed E-state index contributed by atoms with van der Waals surface area (Å²) in [6.07, 6.45) is 9.07. The van der Waals surface area contributed by atoms with E-state index in [1.165, 1.54) is 36.1 Å². The molecule has 3 aromatic rings. The number of piperazine rings is 1. The molecule has 5 fully saturated rings. The number of nitrogens with one attached hydrogen (secondary N) is 1. The lowest BCUT2D eigenvalue weighted by Crippen LogP contribution is -2.65. The molecule has 1 aromatic heterocycles. The van der Waals surface area contributed by atoms with Crippen LogP contribution in [0.15, 0.2) is 42.6 Å². The highest BCUT2D eigenvalue weighted by Gasteiger charge is 2.57. The molecule has 0 atom stereocenters. The van der Waals surface area contributed by atoms with Gasteiger partial charge in [-0.05, 0) is 119 Å². The standard InChI is InChI=1S/C37H47N7O2/c1-24-5-10-33(32(23-46-4)25(24)2)43-22-29-21-38-35(39-30-6-8-31(9-7-30)42-13-11-41(3)12-14-42)40-34(29)44(36(43)45)37-18-26-15-27(19-37)17-28(16-26)20-37/h5-10,21,26-28H,11-20,22-23H2,1-4H3,(H,38,39,40). The van der Waals surface area contributed by atoms with Crippen molar-refractivity contribution in [3.05, 3.63) is 64.8 Å². The Balaban J connectivity index is 1.15. The number of hydrogen-bond donors (Lipinski definition) is 1. The van der Waals surface area contributed by atoms with Crippen LogP contribution in [0.1, 0.15) is 60.8 Å². The number of fused-ring (bicyclic) bond motifs is 1. The van der Waals surface area contributed by atoms with Gasteiger partial charge in [0, 0.05) is 62.0 Å². The number of aromatic nitrogens is 2. The molecule has 1 saturated heterocycles. The Bertz CT molecular complexity index is 1600. The molecule has 3 heterocycles. The summed E-state index contributed by atoms with van der Waals surface area (Å²) >= 11 is 0. The van der Waals surface area contributed by atoms with Crippen LogP contribution >= 0.6 is 0 Å². The Hall–Kier alpha value is -3.69. The molecular weight excluding hydrogens is 574 g/mol. The maximum atomic E-state index is 15.0. The lowest BCUT2D eigenvalue weighted by Gasteiger charge is -2.61. The largest absolute Gasteiger partial charge is 0.380 e. The van der Waals surface area contributed by atoms with Gasteiger partial charge in [0.05, 0.1) is 24.4 Å². The van der Waals surface area contributed by atoms with E-state index in [4.69, 9.17) is 14.7 Å². The molecule has 0 spiro atoms. The Labute approximate surface area is 272 Å². The number of benzene rings is 2. The summed E-state index contributed by atoms with van der Waals surface area (Å²) in [5.41, 5.74) is 7.36. The van der Waals surface area contributed by atoms with E-state index in [9.17, 15) is 4.79 Å². The van der Waals surface area contributed by atoms with E-state index in [0.29, 0.717) is 36.9 Å². The molecule has 1 N–H and O–H groups in total. The average molecular weight is 622 g/mol. The van der Waals surface area contributed by atoms with Crippen molar-refractivity contribution in [2.75, 3.05) is 60.4 Å². The highest BCUT2D eigenvalue weighted by atomic mass is 16.5. The number of carbonyl (C=O) groups is 1. The molecule has 9 rings (SSSR count). The number of urea groups is 1. The van der Waals surface area contributed by atoms with E-state index >= 15 is 0 Å². The summed E-state index contributed by atoms with van der Waals surface area (Å²) < 4.78 is 5.66. The fraction of sp³-hybridized carbons (Fsp3) is 0.541. The van der Waals surface area contributed by atoms with Gasteiger partial charge in [-0.15, -0.1) is 0 Å². The number of methoxy groups -OCH3 is 1. The number of rotatable bonds is 7. The first-order valence-electron chi connectivity index (χ1n) is 17.2. The number of likely N-dealkylation sites (N-methyl/N-ethyl adjacent to an activating group) is 1. The number of hydrogen-bond acceptors (Lipinski definition) is 7. The van der Waals surface area contributed by atoms with Crippen LogP contribution < -0.4 is 20.0 Å². The molecule has 4 aliphatic carbocycles. The quantitative estimate of drug-likeness (QED) is 0.317. The van der Waals surface area contributed by atoms with Gasteiger partial charge in [-0.2, -0.15) is 4.98 Å². The van der Waals surface area contributed by atoms with Crippen LogP contribution in [0.4, 0.5) is 33.6 Å². The zero-order chi connectivity index (χ0) is 31.6. The second-order valence-electron chi connectivity index (χ2n) is 14.8. The number of amides is 2. The SMILES string of the molecule is COCc1c(N2Cc3cnc(Nc4ccc(N5CCN(C)CC5)cc4)nc3N(C34CC5CC(CC(C5)C3)C4)C2=O)ccc(C)c1C. The van der Waals surface area contributed by atoms with E-state index in [0.717, 1.165) is 73.8 Å². The molecule has 2 aromatic carbocycles. The molecule has 6 aliphatic rings. The van der Waals surface area contributed by atoms with Crippen molar-refractivity contribution < 1.29 is 9.53 Å². The van der Waals surface area contributed by atoms with Crippen LogP contribution in [-0.2, 0) is 17.9 Å². The number of aryl methyl sites for hydroxylation is 1. The Morgan fingerprint density at radius 2 is 1.61 bits per heavy atom. The normalized spacial score (nSPS) is 27.3. The molecule has 9 heteroatoms. The molecule has 4 bridgehead atoms. The fourth-order valence-electron chi connectivity index (χ4n) is 9.56. The second kappa shape index (κ2) is 11.5. The second-order valence-corrected chi connectivity index (χ2v) is 14.8. The summed E-state index contributed by atoms with van der Waals surface area (Å²) in [6.45, 7) is 9.39. The van der Waals surface area contributed by atoms with Crippen LogP contribution in [0.3, 0.4) is 0 Å². The first kappa shape index (κ1) is 29.7. The van der Waals surface area contributed by atoms with Gasteiger partial charge < -0.3 is 19.9 Å². The van der Waals surface area contributed by atoms with E-state index in [2.05, 4.69) is 77.3 Å². The van der Waals surface area contributed by atoms with Crippen LogP contribution in [0.5, 0.6) is 0 Å². The molecule has 0 unspecified atom stereocenters. The monoisotopic (exact) mass is 621 g/mol. The lowest BCUT2D eigenvalue weighted by atomic mass is 9.52. The molecule has 46 heavy (non-hydrogen) atoms. The highest BCUT2D eigenvalue weighted by molar-refractivity contribution is 6.07. The third-order valence-corrected chi connectivity index (χ3v) is 11.7. The third-order valence-electron chi connectivity index (χ3n) is 11.7. The minimum Gasteiger partial charge on any atom is -0.380 e. The predicted octanol–water partition coefficient (Wildman–Crippen LogP) is 6.65. The first-order valence-corrected chi connectivity index (χ1v) is 17.2. The third kappa shape index (κ3) is 5.12. The van der Waals surface area contributed by atoms with E-state index in [1.54, 1.807) is 7.11 Å². The maximum absolute atomic E-state index is 15.0. The fourth-order valence-corrected chi connectivity index (χ4v) is 9.56. The van der Waals surface area contributed by atoms with Gasteiger partial charge in [0.2, 0.25) is 5.95 Å². The molecule has 2 amide bonds. The molecule has 242 valence electrons. The molecule has 4 saturated carbocycles. The van der Waals surface area contributed by atoms with Crippen LogP contribution in [0, 0.1) is 31.6 Å². The Kier molecular flexibility index (Phi) is 7.44. The summed E-state index contributed by atoms with van der Waals surface area (Å²) in [5.74, 6) is 3.41. The average Bonchev–Trinajstić information content (AvgIpc) is 3.03. The lowest BCUT2D eigenvalue weighted by molar-refractivity contribution is -0.000910. The number of carbonyl (C=O) groups excluding carboxylic acids is 1. The summed E-state index contributed by atoms with van der Waals surface area (Å²) in [7, 11) is 3.91. The number of nitrogens with zero attached hydrogens (tertiary/aromatic N) is 6. The van der Waals surface area contributed by atoms with Crippen molar-refractivity contribution in [2.24, 2.45) is 17.8 Å². The van der Waals surface area contributed by atoms with Crippen molar-refractivity contribution in [3.8, 4) is 0 Å². The van der Waals surface area contributed by atoms with Crippen LogP contribution in [0.25, 0.3) is 0 Å². The van der Waals surface area contributed by atoms with Crippen LogP contribution in [0.2, 0.25) is 0 Å². The number of ether oxygens (including phenoxy) is 1. The van der Waals surface area contributed by atoms with Crippen molar-refractivity contribution in [1.29, 1.82) is 0 Å². The summed E-state index contributed by atoms with van der Waals surface area (Å²) in [4.78, 5) is 33.8. The summed E-state index contributed by atoms with van der Waals surface area (Å²) in [5, 5.41) is 3.47. The zero-order valence-electron chi connectivity index (χ0n) is 27.8. The zero-order valence-corrected chi connectivity index (χ0v) is 27.8. The van der Waals surface area contributed by atoms with E-state index in [1.807, 2.05) is 11.1 Å². The van der Waals surface area contributed by atoms with E-state index < -0.39 is 0 Å². The van der Waals surface area contributed by atoms with Gasteiger partial charge in [-0.25, -0.2) is 9.78 Å². The highest BCUT2D eigenvalue weighted by Crippen LogP contribution is 2.59.